The van der Waals surface area contributed by atoms with Crippen molar-refractivity contribution in [2.24, 2.45) is 0 Å². The topological polar surface area (TPSA) is 61.4 Å². The fourth-order valence-corrected chi connectivity index (χ4v) is 2.61. The second-order valence-electron chi connectivity index (χ2n) is 5.05. The molecule has 0 aliphatic carbocycles. The zero-order valence-electron chi connectivity index (χ0n) is 13.2. The number of rotatable bonds is 3. The van der Waals surface area contributed by atoms with Gasteiger partial charge in [0.2, 0.25) is 5.91 Å². The van der Waals surface area contributed by atoms with Crippen molar-refractivity contribution in [3.63, 3.8) is 0 Å². The van der Waals surface area contributed by atoms with Gasteiger partial charge in [-0.2, -0.15) is 0 Å². The Bertz CT molecular complexity index is 597. The number of amides is 1. The summed E-state index contributed by atoms with van der Waals surface area (Å²) in [5.74, 6) is -0.525. The van der Waals surface area contributed by atoms with Crippen LogP contribution >= 0.6 is 35.4 Å². The highest BCUT2D eigenvalue weighted by atomic mass is 35.5. The quantitative estimate of drug-likeness (QED) is 0.473. The van der Waals surface area contributed by atoms with Gasteiger partial charge in [-0.3, -0.25) is 14.9 Å². The van der Waals surface area contributed by atoms with E-state index in [-0.39, 0.29) is 5.11 Å². The molecule has 0 saturated carbocycles. The molecule has 2 N–H and O–H groups in total. The zero-order chi connectivity index (χ0) is 17.9. The minimum atomic E-state index is -0.525. The average molecular weight is 388 g/mol. The summed E-state index contributed by atoms with van der Waals surface area (Å²) in [6.45, 7) is 2.64. The van der Waals surface area contributed by atoms with Gasteiger partial charge in [-0.1, -0.05) is 29.3 Å². The van der Waals surface area contributed by atoms with Crippen LogP contribution in [0.1, 0.15) is 12.8 Å². The molecule has 0 unspecified atom stereocenters. The maximum atomic E-state index is 11.2. The van der Waals surface area contributed by atoms with Gasteiger partial charge in [0, 0.05) is 6.08 Å². The third kappa shape index (κ3) is 7.88. The van der Waals surface area contributed by atoms with Crippen molar-refractivity contribution in [2.45, 2.75) is 12.8 Å². The summed E-state index contributed by atoms with van der Waals surface area (Å²) in [5.41, 5.74) is 0.408. The van der Waals surface area contributed by atoms with Gasteiger partial charge in [-0.05, 0) is 63.4 Å². The second-order valence-corrected chi connectivity index (χ2v) is 6.27. The van der Waals surface area contributed by atoms with E-state index in [1.165, 1.54) is 25.9 Å². The van der Waals surface area contributed by atoms with Crippen LogP contribution in [0.25, 0.3) is 0 Å². The largest absolute Gasteiger partial charge is 0.330 e. The Morgan fingerprint density at radius 1 is 1.25 bits per heavy atom. The van der Waals surface area contributed by atoms with Gasteiger partial charge in [0.05, 0.1) is 15.7 Å². The molecule has 1 aromatic carbocycles. The van der Waals surface area contributed by atoms with Crippen molar-refractivity contribution in [3.05, 3.63) is 40.4 Å². The number of nitrogens with zero attached hydrogens (tertiary/aromatic N) is 1. The summed E-state index contributed by atoms with van der Waals surface area (Å²) in [6, 6.07) is 4.95. The number of nitrogens with one attached hydrogen (secondary N) is 2. The molecule has 1 heterocycles. The number of carbonyl (C=O) groups excluding carboxylic acids is 2. The molecule has 0 aromatic heterocycles. The Morgan fingerprint density at radius 2 is 1.83 bits per heavy atom. The number of benzene rings is 1. The average Bonchev–Trinajstić information content (AvgIpc) is 3.01. The summed E-state index contributed by atoms with van der Waals surface area (Å²) in [7, 11) is 2.17. The van der Waals surface area contributed by atoms with Crippen LogP contribution in [0.3, 0.4) is 0 Å². The number of allylic oxidation sites excluding steroid dienone is 1. The number of hydrogen-bond acceptors (Lipinski definition) is 4. The van der Waals surface area contributed by atoms with E-state index in [0.29, 0.717) is 22.0 Å². The van der Waals surface area contributed by atoms with Gasteiger partial charge in [0.15, 0.2) is 5.11 Å². The van der Waals surface area contributed by atoms with Crippen LogP contribution in [0.15, 0.2) is 30.4 Å². The third-order valence-corrected chi connectivity index (χ3v) is 3.93. The van der Waals surface area contributed by atoms with Crippen LogP contribution in [-0.2, 0) is 9.59 Å². The van der Waals surface area contributed by atoms with Crippen LogP contribution in [0.5, 0.6) is 0 Å². The predicted octanol–water partition coefficient (Wildman–Crippen LogP) is 3.27. The summed E-state index contributed by atoms with van der Waals surface area (Å²) in [6.07, 6.45) is 5.42. The van der Waals surface area contributed by atoms with Gasteiger partial charge in [-0.25, -0.2) is 0 Å². The molecule has 5 nitrogen and oxygen atoms in total. The highest BCUT2D eigenvalue weighted by Crippen LogP contribution is 2.29. The Balaban J connectivity index is 0.000000400. The highest BCUT2D eigenvalue weighted by molar-refractivity contribution is 7.80. The molecule has 24 heavy (non-hydrogen) atoms. The molecule has 1 fully saturated rings. The summed E-state index contributed by atoms with van der Waals surface area (Å²) < 4.78 is 0. The summed E-state index contributed by atoms with van der Waals surface area (Å²) in [5, 5.41) is 5.82. The van der Waals surface area contributed by atoms with Crippen molar-refractivity contribution in [3.8, 4) is 0 Å². The molecule has 1 amide bonds. The minimum absolute atomic E-state index is 0.0329. The van der Waals surface area contributed by atoms with E-state index < -0.39 is 5.91 Å². The van der Waals surface area contributed by atoms with Crippen molar-refractivity contribution in [1.29, 1.82) is 0 Å². The monoisotopic (exact) mass is 387 g/mol. The first kappa shape index (κ1) is 20.6. The van der Waals surface area contributed by atoms with Gasteiger partial charge < -0.3 is 10.2 Å². The SMILES string of the molecule is CN1CCCC1.O=C/C=C/C(=O)NC(=S)Nc1c(Cl)cccc1Cl. The lowest BCUT2D eigenvalue weighted by Gasteiger charge is -2.11. The number of para-hydroxylation sites is 1. The number of halogens is 2. The van der Waals surface area contributed by atoms with Crippen LogP contribution in [0.4, 0.5) is 5.69 Å². The molecular formula is C16H19Cl2N3O2S. The first-order valence-electron chi connectivity index (χ1n) is 7.30. The fourth-order valence-electron chi connectivity index (χ4n) is 1.92. The fraction of sp³-hybridized carbons (Fsp3) is 0.312. The lowest BCUT2D eigenvalue weighted by molar-refractivity contribution is -0.115. The Kier molecular flexibility index (Phi) is 9.56. The van der Waals surface area contributed by atoms with E-state index in [0.717, 1.165) is 12.2 Å². The Hall–Kier alpha value is -1.47. The Labute approximate surface area is 157 Å². The first-order valence-corrected chi connectivity index (χ1v) is 8.47. The van der Waals surface area contributed by atoms with Crippen molar-refractivity contribution >= 4 is 58.4 Å². The number of likely N-dealkylation sites (tertiary alicyclic amines) is 1. The van der Waals surface area contributed by atoms with Crippen LogP contribution in [0.2, 0.25) is 10.0 Å². The lowest BCUT2D eigenvalue weighted by atomic mass is 10.3. The smallest absolute Gasteiger partial charge is 0.250 e. The maximum absolute atomic E-state index is 11.2. The van der Waals surface area contributed by atoms with Gasteiger partial charge in [-0.15, -0.1) is 0 Å². The van der Waals surface area contributed by atoms with Crippen LogP contribution < -0.4 is 10.6 Å². The summed E-state index contributed by atoms with van der Waals surface area (Å²) in [4.78, 5) is 23.6. The van der Waals surface area contributed by atoms with E-state index >= 15 is 0 Å². The normalized spacial score (nSPS) is 14.0. The number of thiocarbonyl (C=S) groups is 1. The van der Waals surface area contributed by atoms with Crippen molar-refractivity contribution < 1.29 is 9.59 Å². The minimum Gasteiger partial charge on any atom is -0.330 e. The number of hydrogen-bond donors (Lipinski definition) is 2. The van der Waals surface area contributed by atoms with E-state index in [4.69, 9.17) is 35.4 Å². The van der Waals surface area contributed by atoms with Crippen LogP contribution in [0, 0.1) is 0 Å². The van der Waals surface area contributed by atoms with E-state index in [1.54, 1.807) is 18.2 Å². The maximum Gasteiger partial charge on any atom is 0.250 e. The predicted molar refractivity (Wildman–Crippen MR) is 103 cm³/mol. The highest BCUT2D eigenvalue weighted by Gasteiger charge is 2.08. The van der Waals surface area contributed by atoms with Crippen LogP contribution in [-0.4, -0.2) is 42.3 Å². The van der Waals surface area contributed by atoms with E-state index in [2.05, 4.69) is 22.6 Å². The number of aldehydes is 1. The van der Waals surface area contributed by atoms with Crippen molar-refractivity contribution in [2.75, 3.05) is 25.5 Å². The molecule has 2 rings (SSSR count). The molecule has 1 aromatic rings. The van der Waals surface area contributed by atoms with Gasteiger partial charge in [0.1, 0.15) is 6.29 Å². The molecule has 1 saturated heterocycles. The molecule has 0 bridgehead atoms. The standard InChI is InChI=1S/C11H8Cl2N2O2S.C5H11N/c12-7-3-1-4-8(13)10(7)15-11(18)14-9(17)5-2-6-16;1-6-4-2-3-5-6/h1-6H,(H2,14,15,17,18);2-5H2,1H3/b5-2+;. The van der Waals surface area contributed by atoms with Crippen molar-refractivity contribution in [1.82, 2.24) is 10.2 Å². The molecule has 130 valence electrons. The molecule has 1 aliphatic heterocycles. The third-order valence-electron chi connectivity index (χ3n) is 3.09. The van der Waals surface area contributed by atoms with Gasteiger partial charge in [0.25, 0.3) is 0 Å². The van der Waals surface area contributed by atoms with E-state index in [1.807, 2.05) is 0 Å². The first-order chi connectivity index (χ1) is 11.4. The second kappa shape index (κ2) is 11.1. The van der Waals surface area contributed by atoms with Gasteiger partial charge >= 0.3 is 0 Å². The Morgan fingerprint density at radius 3 is 2.29 bits per heavy atom. The molecular weight excluding hydrogens is 369 g/mol. The van der Waals surface area contributed by atoms with E-state index in [9.17, 15) is 9.59 Å². The molecule has 8 heteroatoms. The number of carbonyl (C=O) groups is 2. The number of anilines is 1. The molecule has 0 spiro atoms. The zero-order valence-corrected chi connectivity index (χ0v) is 15.5. The lowest BCUT2D eigenvalue weighted by Crippen LogP contribution is -2.33. The molecule has 0 radical (unpaired) electrons. The molecule has 0 atom stereocenters. The molecule has 1 aliphatic rings. The summed E-state index contributed by atoms with van der Waals surface area (Å²) >= 11 is 16.7.